The van der Waals surface area contributed by atoms with Crippen molar-refractivity contribution in [2.24, 2.45) is 0 Å². The van der Waals surface area contributed by atoms with Gasteiger partial charge in [-0.05, 0) is 6.85 Å². The van der Waals surface area contributed by atoms with Crippen LogP contribution < -0.4 is 21.9 Å². The van der Waals surface area contributed by atoms with Crippen LogP contribution in [0.5, 0.6) is 0 Å². The van der Waals surface area contributed by atoms with E-state index in [2.05, 4.69) is 20.6 Å². The molecule has 2 heterocycles. The molecule has 3 atom stereocenters. The molecule has 7 N–H and O–H groups in total. The standard InChI is InChI=1S/C9H15N5O3/c1-3(15)6(16)4-2-11-7-5(12-4)8(17)14-9(10)13-7/h3-4,6,12,15-16H,2H2,1H3,(H4,10,11,13,14,17)/t3-,4?,6-/m0/s1/i1D3. The monoisotopic (exact) mass is 244 g/mol. The maximum Gasteiger partial charge on any atom is 0.277 e. The summed E-state index contributed by atoms with van der Waals surface area (Å²) >= 11 is 0. The Bertz CT molecular complexity index is 561. The lowest BCUT2D eigenvalue weighted by atomic mass is 10.0. The second-order valence-corrected chi connectivity index (χ2v) is 3.74. The van der Waals surface area contributed by atoms with Crippen LogP contribution in [-0.4, -0.2) is 45.0 Å². The Hall–Kier alpha value is -1.80. The molecule has 8 heteroatoms. The van der Waals surface area contributed by atoms with E-state index < -0.39 is 30.7 Å². The number of aliphatic hydroxyl groups is 2. The number of anilines is 3. The number of aromatic nitrogens is 2. The zero-order chi connectivity index (χ0) is 15.1. The van der Waals surface area contributed by atoms with Crippen LogP contribution in [0.4, 0.5) is 17.5 Å². The molecule has 0 fully saturated rings. The molecule has 0 bridgehead atoms. The van der Waals surface area contributed by atoms with Crippen molar-refractivity contribution in [1.82, 2.24) is 9.97 Å². The number of fused-ring (bicyclic) bond motifs is 1. The largest absolute Gasteiger partial charge is 0.391 e. The molecule has 0 aliphatic carbocycles. The van der Waals surface area contributed by atoms with Gasteiger partial charge in [0.1, 0.15) is 11.8 Å². The fourth-order valence-electron chi connectivity index (χ4n) is 1.62. The smallest absolute Gasteiger partial charge is 0.277 e. The Morgan fingerprint density at radius 2 is 2.41 bits per heavy atom. The molecule has 94 valence electrons. The molecule has 0 spiro atoms. The molecule has 2 rings (SSSR count). The van der Waals surface area contributed by atoms with Gasteiger partial charge in [0, 0.05) is 10.7 Å². The maximum absolute atomic E-state index is 11.7. The summed E-state index contributed by atoms with van der Waals surface area (Å²) in [6.45, 7) is -2.63. The average Bonchev–Trinajstić information content (AvgIpc) is 2.35. The Morgan fingerprint density at radius 3 is 3.12 bits per heavy atom. The van der Waals surface area contributed by atoms with E-state index in [4.69, 9.17) is 9.85 Å². The summed E-state index contributed by atoms with van der Waals surface area (Å²) in [6, 6.07) is -0.857. The summed E-state index contributed by atoms with van der Waals surface area (Å²) in [5.41, 5.74) is 4.86. The van der Waals surface area contributed by atoms with E-state index in [1.165, 1.54) is 0 Å². The second kappa shape index (κ2) is 4.22. The summed E-state index contributed by atoms with van der Waals surface area (Å²) in [7, 11) is 0. The maximum atomic E-state index is 11.7. The van der Waals surface area contributed by atoms with Crippen LogP contribution in [0.25, 0.3) is 0 Å². The fraction of sp³-hybridized carbons (Fsp3) is 0.556. The quantitative estimate of drug-likeness (QED) is 0.365. The summed E-state index contributed by atoms with van der Waals surface area (Å²) in [5.74, 6) is 0.141. The van der Waals surface area contributed by atoms with Gasteiger partial charge in [-0.3, -0.25) is 9.78 Å². The van der Waals surface area contributed by atoms with E-state index in [-0.39, 0.29) is 24.0 Å². The minimum Gasteiger partial charge on any atom is -0.391 e. The lowest BCUT2D eigenvalue weighted by molar-refractivity contribution is 0.0214. The van der Waals surface area contributed by atoms with Gasteiger partial charge < -0.3 is 26.6 Å². The summed E-state index contributed by atoms with van der Waals surface area (Å²) < 4.78 is 21.2. The lowest BCUT2D eigenvalue weighted by Crippen LogP contribution is -2.48. The van der Waals surface area contributed by atoms with Gasteiger partial charge in [0.2, 0.25) is 5.95 Å². The SMILES string of the molecule is [2H]C([2H])([2H])[C@H](O)[C@H](O)C1CNc2nc(N)[nH]c(=O)c2N1. The molecule has 1 aromatic heterocycles. The number of rotatable bonds is 2. The van der Waals surface area contributed by atoms with Crippen molar-refractivity contribution in [3.8, 4) is 0 Å². The van der Waals surface area contributed by atoms with Crippen LogP contribution in [0.2, 0.25) is 0 Å². The highest BCUT2D eigenvalue weighted by Gasteiger charge is 2.29. The molecule has 1 aromatic rings. The van der Waals surface area contributed by atoms with Crippen molar-refractivity contribution >= 4 is 17.5 Å². The highest BCUT2D eigenvalue weighted by molar-refractivity contribution is 5.67. The minimum absolute atomic E-state index is 0.0345. The zero-order valence-corrected chi connectivity index (χ0v) is 8.77. The van der Waals surface area contributed by atoms with Gasteiger partial charge in [0.15, 0.2) is 5.82 Å². The first-order valence-corrected chi connectivity index (χ1v) is 4.96. The highest BCUT2D eigenvalue weighted by Crippen LogP contribution is 2.21. The van der Waals surface area contributed by atoms with Gasteiger partial charge in [-0.1, -0.05) is 0 Å². The molecule has 1 aliphatic rings. The number of nitrogens with zero attached hydrogens (tertiary/aromatic N) is 1. The molecule has 1 aliphatic heterocycles. The first-order chi connectivity index (χ1) is 9.20. The number of aromatic amines is 1. The fourth-order valence-corrected chi connectivity index (χ4v) is 1.62. The third-order valence-corrected chi connectivity index (χ3v) is 2.49. The topological polar surface area (TPSA) is 136 Å². The van der Waals surface area contributed by atoms with E-state index in [9.17, 15) is 15.0 Å². The van der Waals surface area contributed by atoms with E-state index in [1.807, 2.05) is 0 Å². The van der Waals surface area contributed by atoms with Crippen LogP contribution in [-0.2, 0) is 0 Å². The lowest BCUT2D eigenvalue weighted by Gasteiger charge is -2.31. The molecule has 8 nitrogen and oxygen atoms in total. The third-order valence-electron chi connectivity index (χ3n) is 2.49. The van der Waals surface area contributed by atoms with E-state index in [0.29, 0.717) is 0 Å². The van der Waals surface area contributed by atoms with Crippen molar-refractivity contribution in [3.63, 3.8) is 0 Å². The average molecular weight is 244 g/mol. The Morgan fingerprint density at radius 1 is 1.65 bits per heavy atom. The highest BCUT2D eigenvalue weighted by atomic mass is 16.3. The van der Waals surface area contributed by atoms with Crippen molar-refractivity contribution in [2.45, 2.75) is 25.1 Å². The number of aliphatic hydroxyl groups excluding tert-OH is 2. The van der Waals surface area contributed by atoms with Crippen molar-refractivity contribution in [3.05, 3.63) is 10.4 Å². The van der Waals surface area contributed by atoms with E-state index >= 15 is 0 Å². The molecular formula is C9H15N5O3. The van der Waals surface area contributed by atoms with Crippen LogP contribution >= 0.6 is 0 Å². The van der Waals surface area contributed by atoms with Crippen LogP contribution in [0, 0.1) is 0 Å². The van der Waals surface area contributed by atoms with E-state index in [0.717, 1.165) is 0 Å². The van der Waals surface area contributed by atoms with E-state index in [1.54, 1.807) is 0 Å². The van der Waals surface area contributed by atoms with Gasteiger partial charge in [0.05, 0.1) is 12.1 Å². The van der Waals surface area contributed by atoms with Crippen LogP contribution in [0.3, 0.4) is 0 Å². The summed E-state index contributed by atoms with van der Waals surface area (Å²) in [6.07, 6.45) is -3.51. The minimum atomic E-state index is -2.72. The molecule has 0 saturated carbocycles. The first kappa shape index (κ1) is 8.31. The predicted octanol–water partition coefficient (Wildman–Crippen LogP) is -1.70. The first-order valence-electron chi connectivity index (χ1n) is 6.46. The second-order valence-electron chi connectivity index (χ2n) is 3.74. The van der Waals surface area contributed by atoms with Gasteiger partial charge in [0.25, 0.3) is 5.56 Å². The molecule has 0 aromatic carbocycles. The molecular weight excluding hydrogens is 226 g/mol. The molecule has 0 amide bonds. The molecule has 17 heavy (non-hydrogen) atoms. The normalized spacial score (nSPS) is 25.3. The molecule has 0 saturated heterocycles. The molecule has 0 radical (unpaired) electrons. The van der Waals surface area contributed by atoms with Crippen molar-refractivity contribution < 1.29 is 14.3 Å². The predicted molar refractivity (Wildman–Crippen MR) is 62.9 cm³/mol. The van der Waals surface area contributed by atoms with Crippen molar-refractivity contribution in [2.75, 3.05) is 22.9 Å². The number of hydrogen-bond donors (Lipinski definition) is 6. The molecule has 1 unspecified atom stereocenters. The van der Waals surface area contributed by atoms with Crippen LogP contribution in [0.1, 0.15) is 11.0 Å². The number of nitrogen functional groups attached to an aromatic ring is 1. The summed E-state index contributed by atoms with van der Waals surface area (Å²) in [5, 5.41) is 24.9. The number of nitrogens with two attached hydrogens (primary N) is 1. The Kier molecular flexibility index (Phi) is 2.07. The van der Waals surface area contributed by atoms with Gasteiger partial charge in [-0.25, -0.2) is 0 Å². The van der Waals surface area contributed by atoms with Gasteiger partial charge in [-0.2, -0.15) is 4.98 Å². The zero-order valence-electron chi connectivity index (χ0n) is 11.8. The van der Waals surface area contributed by atoms with Gasteiger partial charge >= 0.3 is 0 Å². The van der Waals surface area contributed by atoms with Gasteiger partial charge in [-0.15, -0.1) is 0 Å². The number of hydrogen-bond acceptors (Lipinski definition) is 7. The number of nitrogens with one attached hydrogen (secondary N) is 3. The Balaban J connectivity index is 2.21. The Labute approximate surface area is 101 Å². The summed E-state index contributed by atoms with van der Waals surface area (Å²) in [4.78, 5) is 17.8. The third kappa shape index (κ3) is 2.17. The van der Waals surface area contributed by atoms with Crippen LogP contribution in [0.15, 0.2) is 4.79 Å². The number of H-pyrrole nitrogens is 1. The van der Waals surface area contributed by atoms with Crippen molar-refractivity contribution in [1.29, 1.82) is 0 Å².